The molecule has 1 atom stereocenters. The lowest BCUT2D eigenvalue weighted by Gasteiger charge is -2.06. The highest BCUT2D eigenvalue weighted by atomic mass is 32.2. The number of hydrogen-bond acceptors (Lipinski definition) is 3. The maximum atomic E-state index is 5.29. The van der Waals surface area contributed by atoms with Crippen LogP contribution in [0, 0.1) is 0 Å². The van der Waals surface area contributed by atoms with Gasteiger partial charge in [-0.3, -0.25) is 9.56 Å². The number of aromatic nitrogens is 1. The Hall–Kier alpha value is -1.26. The summed E-state index contributed by atoms with van der Waals surface area (Å²) in [7, 11) is 1.73. The number of hydrogen-bond donors (Lipinski definition) is 0. The summed E-state index contributed by atoms with van der Waals surface area (Å²) >= 11 is 1.67. The highest BCUT2D eigenvalue weighted by molar-refractivity contribution is 8.14. The van der Waals surface area contributed by atoms with Crippen molar-refractivity contribution in [2.24, 2.45) is 4.99 Å². The van der Waals surface area contributed by atoms with E-state index in [0.717, 1.165) is 11.7 Å². The van der Waals surface area contributed by atoms with Crippen LogP contribution in [0.15, 0.2) is 41.5 Å². The predicted molar refractivity (Wildman–Crippen MR) is 68.0 cm³/mol. The van der Waals surface area contributed by atoms with Gasteiger partial charge in [-0.25, -0.2) is 0 Å². The molecular weight excluding hydrogens is 220 g/mol. The molecule has 2 heterocycles. The lowest BCUT2D eigenvalue weighted by Crippen LogP contribution is -2.07. The smallest absolute Gasteiger partial charge is 0.170 e. The molecule has 0 radical (unpaired) electrons. The van der Waals surface area contributed by atoms with E-state index in [1.165, 1.54) is 10.9 Å². The first-order valence-electron chi connectivity index (χ1n) is 5.19. The van der Waals surface area contributed by atoms with Crippen molar-refractivity contribution in [1.82, 2.24) is 4.57 Å². The van der Waals surface area contributed by atoms with E-state index in [1.54, 1.807) is 18.9 Å². The van der Waals surface area contributed by atoms with Gasteiger partial charge in [0.25, 0.3) is 0 Å². The Kier molecular flexibility index (Phi) is 2.46. The molecule has 3 rings (SSSR count). The molecule has 0 saturated carbocycles. The zero-order chi connectivity index (χ0) is 11.0. The van der Waals surface area contributed by atoms with Gasteiger partial charge in [-0.1, -0.05) is 30.0 Å². The normalized spacial score (nSPS) is 20.3. The van der Waals surface area contributed by atoms with Crippen LogP contribution >= 0.6 is 11.8 Å². The Bertz CT molecular complexity index is 547. The Morgan fingerprint density at radius 1 is 1.38 bits per heavy atom. The van der Waals surface area contributed by atoms with Crippen molar-refractivity contribution < 1.29 is 4.74 Å². The molecule has 4 heteroatoms. The number of nitrogens with zero attached hydrogens (tertiary/aromatic N) is 2. The Labute approximate surface area is 98.1 Å². The minimum Gasteiger partial charge on any atom is -0.368 e. The maximum absolute atomic E-state index is 5.29. The third-order valence-corrected chi connectivity index (χ3v) is 3.82. The number of thioether (sulfide) groups is 1. The summed E-state index contributed by atoms with van der Waals surface area (Å²) in [5.41, 5.74) is 1.36. The van der Waals surface area contributed by atoms with Crippen molar-refractivity contribution in [2.75, 3.05) is 13.7 Å². The second kappa shape index (κ2) is 3.96. The number of aliphatic imine (C=N–C) groups is 1. The van der Waals surface area contributed by atoms with Crippen LogP contribution in [0.25, 0.3) is 10.9 Å². The van der Waals surface area contributed by atoms with Crippen LogP contribution in [0.1, 0.15) is 0 Å². The summed E-state index contributed by atoms with van der Waals surface area (Å²) < 4.78 is 7.41. The van der Waals surface area contributed by atoms with Crippen molar-refractivity contribution in [3.05, 3.63) is 36.5 Å². The average Bonchev–Trinajstić information content (AvgIpc) is 2.94. The number of rotatable bonds is 1. The maximum Gasteiger partial charge on any atom is 0.170 e. The molecular formula is C12H12N2OS. The van der Waals surface area contributed by atoms with Crippen molar-refractivity contribution >= 4 is 27.8 Å². The van der Waals surface area contributed by atoms with Gasteiger partial charge in [0.1, 0.15) is 5.44 Å². The van der Waals surface area contributed by atoms with Crippen molar-refractivity contribution in [1.29, 1.82) is 0 Å². The van der Waals surface area contributed by atoms with Gasteiger partial charge in [0, 0.05) is 18.7 Å². The van der Waals surface area contributed by atoms with Gasteiger partial charge in [-0.15, -0.1) is 0 Å². The summed E-state index contributed by atoms with van der Waals surface area (Å²) in [6, 6.07) is 10.4. The highest BCUT2D eigenvalue weighted by Gasteiger charge is 2.20. The van der Waals surface area contributed by atoms with Crippen molar-refractivity contribution in [2.45, 2.75) is 5.44 Å². The molecule has 0 fully saturated rings. The number of methoxy groups -OCH3 is 1. The van der Waals surface area contributed by atoms with E-state index in [2.05, 4.69) is 34.0 Å². The van der Waals surface area contributed by atoms with E-state index in [9.17, 15) is 0 Å². The summed E-state index contributed by atoms with van der Waals surface area (Å²) in [4.78, 5) is 4.50. The molecule has 1 aromatic carbocycles. The first-order valence-corrected chi connectivity index (χ1v) is 6.07. The number of fused-ring (bicyclic) bond motifs is 1. The number of benzene rings is 1. The topological polar surface area (TPSA) is 26.5 Å². The standard InChI is InChI=1S/C12H12N2OS/c1-15-11-8-13-12(16-11)14-7-6-9-4-2-3-5-10(9)14/h2-7,11H,8H2,1H3. The van der Waals surface area contributed by atoms with Gasteiger partial charge in [-0.2, -0.15) is 0 Å². The molecule has 1 aromatic heterocycles. The van der Waals surface area contributed by atoms with Crippen molar-refractivity contribution in [3.63, 3.8) is 0 Å². The molecule has 1 aliphatic rings. The number of para-hydroxylation sites is 1. The zero-order valence-corrected chi connectivity index (χ0v) is 9.78. The van der Waals surface area contributed by atoms with E-state index >= 15 is 0 Å². The molecule has 0 spiro atoms. The summed E-state index contributed by atoms with van der Waals surface area (Å²) in [6.07, 6.45) is 2.06. The molecule has 2 aromatic rings. The third-order valence-electron chi connectivity index (χ3n) is 2.68. The molecule has 0 bridgehead atoms. The van der Waals surface area contributed by atoms with Gasteiger partial charge < -0.3 is 4.74 Å². The molecule has 3 nitrogen and oxygen atoms in total. The van der Waals surface area contributed by atoms with Gasteiger partial charge >= 0.3 is 0 Å². The third kappa shape index (κ3) is 1.54. The van der Waals surface area contributed by atoms with Crippen LogP contribution in [-0.2, 0) is 4.74 Å². The molecule has 0 amide bonds. The van der Waals surface area contributed by atoms with Crippen LogP contribution in [0.5, 0.6) is 0 Å². The fraction of sp³-hybridized carbons (Fsp3) is 0.250. The Balaban J connectivity index is 2.01. The molecule has 16 heavy (non-hydrogen) atoms. The average molecular weight is 232 g/mol. The first-order chi connectivity index (χ1) is 7.88. The van der Waals surface area contributed by atoms with E-state index in [1.807, 2.05) is 12.1 Å². The Morgan fingerprint density at radius 2 is 2.25 bits per heavy atom. The largest absolute Gasteiger partial charge is 0.368 e. The van der Waals surface area contributed by atoms with E-state index in [0.29, 0.717) is 0 Å². The lowest BCUT2D eigenvalue weighted by atomic mass is 10.2. The van der Waals surface area contributed by atoms with Gasteiger partial charge in [-0.05, 0) is 12.1 Å². The van der Waals surface area contributed by atoms with Crippen LogP contribution < -0.4 is 0 Å². The van der Waals surface area contributed by atoms with Gasteiger partial charge in [0.2, 0.25) is 0 Å². The monoisotopic (exact) mass is 232 g/mol. The lowest BCUT2D eigenvalue weighted by molar-refractivity contribution is 0.182. The number of ether oxygens (including phenoxy) is 1. The van der Waals surface area contributed by atoms with E-state index < -0.39 is 0 Å². The quantitative estimate of drug-likeness (QED) is 0.755. The SMILES string of the molecule is COC1CN=C(n2ccc3ccccc32)S1. The van der Waals surface area contributed by atoms with E-state index in [4.69, 9.17) is 4.74 Å². The fourth-order valence-corrected chi connectivity index (χ4v) is 2.75. The summed E-state index contributed by atoms with van der Waals surface area (Å²) in [6.45, 7) is 0.739. The van der Waals surface area contributed by atoms with Crippen LogP contribution in [0.3, 0.4) is 0 Å². The molecule has 1 unspecified atom stereocenters. The highest BCUT2D eigenvalue weighted by Crippen LogP contribution is 2.26. The second-order valence-electron chi connectivity index (χ2n) is 3.65. The van der Waals surface area contributed by atoms with Crippen molar-refractivity contribution in [3.8, 4) is 0 Å². The summed E-state index contributed by atoms with van der Waals surface area (Å²) in [5.74, 6) is 0. The fourth-order valence-electron chi connectivity index (χ4n) is 1.85. The molecule has 0 N–H and O–H groups in total. The van der Waals surface area contributed by atoms with Crippen LogP contribution in [0.4, 0.5) is 0 Å². The van der Waals surface area contributed by atoms with Gasteiger partial charge in [0.15, 0.2) is 5.17 Å². The summed E-state index contributed by atoms with van der Waals surface area (Å²) in [5, 5.41) is 2.26. The van der Waals surface area contributed by atoms with Gasteiger partial charge in [0.05, 0.1) is 12.1 Å². The van der Waals surface area contributed by atoms with Crippen LogP contribution in [0.2, 0.25) is 0 Å². The minimum atomic E-state index is 0.163. The first kappa shape index (κ1) is 9.93. The van der Waals surface area contributed by atoms with E-state index in [-0.39, 0.29) is 5.44 Å². The molecule has 1 aliphatic heterocycles. The molecule has 0 saturated heterocycles. The Morgan fingerprint density at radius 3 is 3.06 bits per heavy atom. The van der Waals surface area contributed by atoms with Crippen LogP contribution in [-0.4, -0.2) is 28.8 Å². The second-order valence-corrected chi connectivity index (χ2v) is 4.78. The predicted octanol–water partition coefficient (Wildman–Crippen LogP) is 2.56. The minimum absolute atomic E-state index is 0.163. The molecule has 82 valence electrons. The molecule has 0 aliphatic carbocycles. The zero-order valence-electron chi connectivity index (χ0n) is 8.96.